The molecule has 3 heterocycles. The van der Waals surface area contributed by atoms with Crippen LogP contribution in [-0.4, -0.2) is 10.5 Å². The van der Waals surface area contributed by atoms with Gasteiger partial charge in [-0.25, -0.2) is 4.39 Å². The number of rotatable bonds is 0. The molecule has 2 aliphatic rings. The van der Waals surface area contributed by atoms with Crippen LogP contribution in [0.4, 0.5) is 10.1 Å². The van der Waals surface area contributed by atoms with Crippen molar-refractivity contribution in [2.45, 2.75) is 31.7 Å². The fraction of sp³-hybridized carbons (Fsp3) is 0.250. The maximum atomic E-state index is 13.7. The van der Waals surface area contributed by atoms with E-state index in [0.717, 1.165) is 40.8 Å². The maximum Gasteiger partial charge on any atom is 0.227 e. The van der Waals surface area contributed by atoms with Gasteiger partial charge < -0.3 is 4.57 Å². The Morgan fingerprint density at radius 3 is 2.71 bits per heavy atom. The van der Waals surface area contributed by atoms with Crippen LogP contribution in [0.25, 0.3) is 16.6 Å². The van der Waals surface area contributed by atoms with E-state index in [2.05, 4.69) is 11.5 Å². The first-order valence-electron chi connectivity index (χ1n) is 8.33. The number of benzene rings is 2. The van der Waals surface area contributed by atoms with Crippen molar-refractivity contribution >= 4 is 22.5 Å². The molecule has 2 aromatic carbocycles. The summed E-state index contributed by atoms with van der Waals surface area (Å²) >= 11 is 0. The van der Waals surface area contributed by atoms with E-state index >= 15 is 0 Å². The number of hydrogen-bond donors (Lipinski definition) is 0. The topological polar surface area (TPSA) is 25.2 Å². The number of anilines is 1. The Morgan fingerprint density at radius 1 is 1.08 bits per heavy atom. The molecule has 4 heteroatoms. The predicted octanol–water partition coefficient (Wildman–Crippen LogP) is 4.52. The molecule has 0 radical (unpaired) electrons. The van der Waals surface area contributed by atoms with Gasteiger partial charge in [0.15, 0.2) is 0 Å². The lowest BCUT2D eigenvalue weighted by molar-refractivity contribution is -0.121. The number of carbonyl (C=O) groups is 1. The van der Waals surface area contributed by atoms with Gasteiger partial charge in [0.2, 0.25) is 5.91 Å². The van der Waals surface area contributed by atoms with Crippen LogP contribution in [0.3, 0.4) is 0 Å². The van der Waals surface area contributed by atoms with Crippen molar-refractivity contribution < 1.29 is 9.18 Å². The molecule has 1 saturated heterocycles. The van der Waals surface area contributed by atoms with Gasteiger partial charge in [0, 0.05) is 17.5 Å². The van der Waals surface area contributed by atoms with Crippen LogP contribution in [0.15, 0.2) is 48.5 Å². The Kier molecular flexibility index (Phi) is 2.57. The van der Waals surface area contributed by atoms with Gasteiger partial charge in [-0.15, -0.1) is 0 Å². The maximum absolute atomic E-state index is 13.7. The SMILES string of the molecule is CC12CCCC(=O)N1c1ccccc1-n1c2cc2cc(F)ccc21. The summed E-state index contributed by atoms with van der Waals surface area (Å²) in [6.45, 7) is 2.13. The van der Waals surface area contributed by atoms with Gasteiger partial charge in [-0.2, -0.15) is 0 Å². The van der Waals surface area contributed by atoms with Crippen molar-refractivity contribution in [1.29, 1.82) is 0 Å². The molecule has 0 spiro atoms. The quantitative estimate of drug-likeness (QED) is 0.598. The van der Waals surface area contributed by atoms with Crippen LogP contribution in [0.1, 0.15) is 31.9 Å². The van der Waals surface area contributed by atoms with E-state index < -0.39 is 0 Å². The molecular weight excluding hydrogens is 303 g/mol. The molecule has 5 rings (SSSR count). The van der Waals surface area contributed by atoms with Gasteiger partial charge in [-0.1, -0.05) is 12.1 Å². The van der Waals surface area contributed by atoms with E-state index in [4.69, 9.17) is 0 Å². The Balaban J connectivity index is 1.93. The largest absolute Gasteiger partial charge is 0.309 e. The second-order valence-corrected chi connectivity index (χ2v) is 6.91. The average Bonchev–Trinajstić information content (AvgIpc) is 2.94. The molecule has 3 aromatic rings. The standard InChI is InChI=1S/C20H17FN2O/c1-20-10-4-7-19(24)23(20)17-6-3-2-5-16(17)22-15-9-8-14(21)11-13(15)12-18(20)22/h2-3,5-6,8-9,11-12H,4,7,10H2,1H3. The smallest absolute Gasteiger partial charge is 0.227 e. The molecule has 0 N–H and O–H groups in total. The van der Waals surface area contributed by atoms with E-state index in [9.17, 15) is 9.18 Å². The van der Waals surface area contributed by atoms with Crippen molar-refractivity contribution in [2.75, 3.05) is 4.90 Å². The van der Waals surface area contributed by atoms with Crippen molar-refractivity contribution in [1.82, 2.24) is 4.57 Å². The zero-order valence-electron chi connectivity index (χ0n) is 13.4. The number of carbonyl (C=O) groups excluding carboxylic acids is 1. The first-order valence-corrected chi connectivity index (χ1v) is 8.33. The summed E-state index contributed by atoms with van der Waals surface area (Å²) in [7, 11) is 0. The summed E-state index contributed by atoms with van der Waals surface area (Å²) in [5.41, 5.74) is 3.59. The van der Waals surface area contributed by atoms with Crippen LogP contribution in [0, 0.1) is 5.82 Å². The van der Waals surface area contributed by atoms with Crippen molar-refractivity contribution in [3.05, 3.63) is 60.0 Å². The van der Waals surface area contributed by atoms with Crippen molar-refractivity contribution in [3.8, 4) is 5.69 Å². The summed E-state index contributed by atoms with van der Waals surface area (Å²) in [6, 6.07) is 14.9. The summed E-state index contributed by atoms with van der Waals surface area (Å²) in [5, 5.41) is 0.876. The van der Waals surface area contributed by atoms with Crippen molar-refractivity contribution in [2.24, 2.45) is 0 Å². The number of piperidine rings is 1. The molecule has 2 aliphatic heterocycles. The van der Waals surface area contributed by atoms with E-state index in [-0.39, 0.29) is 17.3 Å². The van der Waals surface area contributed by atoms with Gasteiger partial charge in [0.25, 0.3) is 0 Å². The third-order valence-corrected chi connectivity index (χ3v) is 5.48. The molecule has 120 valence electrons. The molecule has 0 bridgehead atoms. The van der Waals surface area contributed by atoms with Gasteiger partial charge in [0.05, 0.1) is 22.4 Å². The number of nitrogens with zero attached hydrogens (tertiary/aromatic N) is 2. The molecule has 1 atom stereocenters. The Labute approximate surface area is 139 Å². The second-order valence-electron chi connectivity index (χ2n) is 6.91. The van der Waals surface area contributed by atoms with Crippen LogP contribution in [0.5, 0.6) is 0 Å². The predicted molar refractivity (Wildman–Crippen MR) is 91.9 cm³/mol. The lowest BCUT2D eigenvalue weighted by Gasteiger charge is -2.49. The van der Waals surface area contributed by atoms with E-state index in [0.29, 0.717) is 6.42 Å². The molecule has 1 aromatic heterocycles. The van der Waals surface area contributed by atoms with Crippen LogP contribution >= 0.6 is 0 Å². The first-order chi connectivity index (χ1) is 11.6. The highest BCUT2D eigenvalue weighted by Crippen LogP contribution is 2.49. The third kappa shape index (κ3) is 1.58. The summed E-state index contributed by atoms with van der Waals surface area (Å²) in [4.78, 5) is 14.7. The molecule has 0 aliphatic carbocycles. The second kappa shape index (κ2) is 4.47. The number of para-hydroxylation sites is 2. The number of hydrogen-bond acceptors (Lipinski definition) is 1. The monoisotopic (exact) mass is 320 g/mol. The zero-order chi connectivity index (χ0) is 16.5. The summed E-state index contributed by atoms with van der Waals surface area (Å²) < 4.78 is 15.9. The summed E-state index contributed by atoms with van der Waals surface area (Å²) in [5.74, 6) is -0.0700. The lowest BCUT2D eigenvalue weighted by Crippen LogP contribution is -2.54. The molecule has 1 amide bonds. The fourth-order valence-corrected chi connectivity index (χ4v) is 4.41. The number of halogens is 1. The zero-order valence-corrected chi connectivity index (χ0v) is 13.4. The third-order valence-electron chi connectivity index (χ3n) is 5.48. The number of aromatic nitrogens is 1. The van der Waals surface area contributed by atoms with E-state index in [1.165, 1.54) is 6.07 Å². The van der Waals surface area contributed by atoms with Crippen LogP contribution in [-0.2, 0) is 10.3 Å². The summed E-state index contributed by atoms with van der Waals surface area (Å²) in [6.07, 6.45) is 2.37. The van der Waals surface area contributed by atoms with Crippen LogP contribution < -0.4 is 4.90 Å². The van der Waals surface area contributed by atoms with Gasteiger partial charge in [0.1, 0.15) is 5.82 Å². The number of fused-ring (bicyclic) bond motifs is 8. The molecule has 1 fully saturated rings. The normalized spacial score (nSPS) is 22.2. The molecule has 1 unspecified atom stereocenters. The minimum atomic E-state index is -0.390. The lowest BCUT2D eigenvalue weighted by atomic mass is 9.82. The Bertz CT molecular complexity index is 1010. The Morgan fingerprint density at radius 2 is 1.88 bits per heavy atom. The van der Waals surface area contributed by atoms with Gasteiger partial charge >= 0.3 is 0 Å². The van der Waals surface area contributed by atoms with Gasteiger partial charge in [-0.3, -0.25) is 9.69 Å². The van der Waals surface area contributed by atoms with Crippen LogP contribution in [0.2, 0.25) is 0 Å². The minimum Gasteiger partial charge on any atom is -0.309 e. The molecule has 3 nitrogen and oxygen atoms in total. The number of amides is 1. The average molecular weight is 320 g/mol. The van der Waals surface area contributed by atoms with E-state index in [1.807, 2.05) is 41.3 Å². The van der Waals surface area contributed by atoms with Gasteiger partial charge in [-0.05, 0) is 56.2 Å². The minimum absolute atomic E-state index is 0.166. The highest BCUT2D eigenvalue weighted by atomic mass is 19.1. The van der Waals surface area contributed by atoms with E-state index in [1.54, 1.807) is 6.07 Å². The van der Waals surface area contributed by atoms with Crippen molar-refractivity contribution in [3.63, 3.8) is 0 Å². The Hall–Kier alpha value is -2.62. The highest BCUT2D eigenvalue weighted by molar-refractivity contribution is 6.00. The molecular formula is C20H17FN2O. The highest BCUT2D eigenvalue weighted by Gasteiger charge is 2.47. The fourth-order valence-electron chi connectivity index (χ4n) is 4.41. The molecule has 0 saturated carbocycles. The molecule has 24 heavy (non-hydrogen) atoms. The first kappa shape index (κ1) is 13.8.